The van der Waals surface area contributed by atoms with Gasteiger partial charge in [-0.15, -0.1) is 11.6 Å². The van der Waals surface area contributed by atoms with Crippen molar-refractivity contribution in [2.24, 2.45) is 0 Å². The number of hydrogen-bond acceptors (Lipinski definition) is 2. The Morgan fingerprint density at radius 3 is 2.64 bits per heavy atom. The predicted molar refractivity (Wildman–Crippen MR) is 56.4 cm³/mol. The molecule has 0 saturated heterocycles. The Bertz CT molecular complexity index is 347. The second-order valence-corrected chi connectivity index (χ2v) is 3.82. The molecule has 14 heavy (non-hydrogen) atoms. The van der Waals surface area contributed by atoms with Crippen LogP contribution >= 0.6 is 11.6 Å². The maximum Gasteiger partial charge on any atom is 0.152 e. The van der Waals surface area contributed by atoms with Crippen molar-refractivity contribution in [3.05, 3.63) is 34.9 Å². The molecule has 1 atom stereocenters. The Balaban J connectivity index is 3.08. The number of benzene rings is 1. The first-order valence-electron chi connectivity index (χ1n) is 4.40. The summed E-state index contributed by atoms with van der Waals surface area (Å²) in [6.45, 7) is 3.33. The number of carbonyl (C=O) groups is 1. The number of ketones is 1. The lowest BCUT2D eigenvalue weighted by atomic mass is 10.0. The highest BCUT2D eigenvalue weighted by Crippen LogP contribution is 2.23. The molecule has 1 rings (SSSR count). The van der Waals surface area contributed by atoms with E-state index >= 15 is 0 Å². The number of aliphatic hydroxyl groups excluding tert-OH is 1. The van der Waals surface area contributed by atoms with E-state index in [-0.39, 0.29) is 12.4 Å². The molecule has 0 aliphatic heterocycles. The summed E-state index contributed by atoms with van der Waals surface area (Å²) in [7, 11) is 0. The van der Waals surface area contributed by atoms with Crippen LogP contribution in [-0.2, 0) is 11.4 Å². The Hall–Kier alpha value is -0.860. The highest BCUT2D eigenvalue weighted by Gasteiger charge is 2.13. The number of halogens is 1. The molecule has 0 radical (unpaired) electrons. The molecule has 0 aliphatic carbocycles. The van der Waals surface area contributed by atoms with Crippen molar-refractivity contribution in [1.82, 2.24) is 0 Å². The van der Waals surface area contributed by atoms with Gasteiger partial charge in [0, 0.05) is 0 Å². The van der Waals surface area contributed by atoms with Crippen molar-refractivity contribution >= 4 is 17.4 Å². The van der Waals surface area contributed by atoms with Gasteiger partial charge in [-0.1, -0.05) is 23.8 Å². The van der Waals surface area contributed by atoms with Gasteiger partial charge >= 0.3 is 0 Å². The zero-order chi connectivity index (χ0) is 10.7. The van der Waals surface area contributed by atoms with Gasteiger partial charge < -0.3 is 5.11 Å². The minimum Gasteiger partial charge on any atom is -0.392 e. The first kappa shape index (κ1) is 11.2. The van der Waals surface area contributed by atoms with Gasteiger partial charge in [0.1, 0.15) is 5.38 Å². The molecular formula is C11H13ClO2. The second-order valence-electron chi connectivity index (χ2n) is 3.38. The molecule has 1 aromatic rings. The van der Waals surface area contributed by atoms with Crippen LogP contribution in [0.5, 0.6) is 0 Å². The largest absolute Gasteiger partial charge is 0.392 e. The molecule has 1 aromatic carbocycles. The average molecular weight is 213 g/mol. The Morgan fingerprint density at radius 2 is 2.14 bits per heavy atom. The number of aliphatic hydroxyl groups is 1. The first-order chi connectivity index (χ1) is 6.54. The van der Waals surface area contributed by atoms with Gasteiger partial charge in [-0.05, 0) is 25.0 Å². The molecular weight excluding hydrogens is 200 g/mol. The number of hydrogen-bond donors (Lipinski definition) is 1. The van der Waals surface area contributed by atoms with E-state index < -0.39 is 5.38 Å². The van der Waals surface area contributed by atoms with Crippen LogP contribution in [0.25, 0.3) is 0 Å². The summed E-state index contributed by atoms with van der Waals surface area (Å²) < 4.78 is 0. The monoisotopic (exact) mass is 212 g/mol. The van der Waals surface area contributed by atoms with Crippen LogP contribution < -0.4 is 0 Å². The molecule has 3 heteroatoms. The maximum absolute atomic E-state index is 11.1. The van der Waals surface area contributed by atoms with E-state index in [2.05, 4.69) is 0 Å². The summed E-state index contributed by atoms with van der Waals surface area (Å²) in [6, 6.07) is 5.48. The van der Waals surface area contributed by atoms with Crippen LogP contribution in [0, 0.1) is 6.92 Å². The SMILES string of the molecule is CC(=O)C(Cl)c1cc(C)cc(CO)c1. The van der Waals surface area contributed by atoms with Crippen LogP contribution in [-0.4, -0.2) is 10.9 Å². The molecule has 0 fully saturated rings. The fraction of sp³-hybridized carbons (Fsp3) is 0.364. The van der Waals surface area contributed by atoms with Crippen molar-refractivity contribution in [3.8, 4) is 0 Å². The van der Waals surface area contributed by atoms with E-state index in [0.29, 0.717) is 0 Å². The molecule has 0 bridgehead atoms. The average Bonchev–Trinajstić information content (AvgIpc) is 2.15. The van der Waals surface area contributed by atoms with Crippen molar-refractivity contribution in [1.29, 1.82) is 0 Å². The van der Waals surface area contributed by atoms with Gasteiger partial charge in [0.05, 0.1) is 6.61 Å². The summed E-state index contributed by atoms with van der Waals surface area (Å²) >= 11 is 5.91. The number of alkyl halides is 1. The van der Waals surface area contributed by atoms with Crippen molar-refractivity contribution in [2.75, 3.05) is 0 Å². The first-order valence-corrected chi connectivity index (χ1v) is 4.84. The molecule has 2 nitrogen and oxygen atoms in total. The van der Waals surface area contributed by atoms with Crippen molar-refractivity contribution < 1.29 is 9.90 Å². The molecule has 0 heterocycles. The smallest absolute Gasteiger partial charge is 0.152 e. The standard InChI is InChI=1S/C11H13ClO2/c1-7-3-9(6-13)5-10(4-7)11(12)8(2)14/h3-5,11,13H,6H2,1-2H3. The van der Waals surface area contributed by atoms with E-state index in [1.54, 1.807) is 6.07 Å². The Labute approximate surface area is 88.5 Å². The van der Waals surface area contributed by atoms with Crippen molar-refractivity contribution in [2.45, 2.75) is 25.8 Å². The summed E-state index contributed by atoms with van der Waals surface area (Å²) in [6.07, 6.45) is 0. The zero-order valence-electron chi connectivity index (χ0n) is 8.25. The fourth-order valence-electron chi connectivity index (χ4n) is 1.37. The molecule has 76 valence electrons. The summed E-state index contributed by atoms with van der Waals surface area (Å²) in [5.74, 6) is -0.0823. The van der Waals surface area contributed by atoms with E-state index in [0.717, 1.165) is 16.7 Å². The predicted octanol–water partition coefficient (Wildman–Crippen LogP) is 2.36. The van der Waals surface area contributed by atoms with E-state index in [1.165, 1.54) is 6.92 Å². The lowest BCUT2D eigenvalue weighted by Gasteiger charge is -2.09. The Kier molecular flexibility index (Phi) is 3.67. The van der Waals surface area contributed by atoms with E-state index in [9.17, 15) is 4.79 Å². The topological polar surface area (TPSA) is 37.3 Å². The number of rotatable bonds is 3. The summed E-state index contributed by atoms with van der Waals surface area (Å²) in [5, 5.41) is 8.37. The molecule has 1 N–H and O–H groups in total. The molecule has 0 amide bonds. The van der Waals surface area contributed by atoms with Crippen LogP contribution in [0.4, 0.5) is 0 Å². The maximum atomic E-state index is 11.1. The zero-order valence-corrected chi connectivity index (χ0v) is 9.01. The van der Waals surface area contributed by atoms with Gasteiger partial charge in [0.2, 0.25) is 0 Å². The highest BCUT2D eigenvalue weighted by atomic mass is 35.5. The van der Waals surface area contributed by atoms with E-state index in [4.69, 9.17) is 16.7 Å². The van der Waals surface area contributed by atoms with Gasteiger partial charge in [-0.3, -0.25) is 4.79 Å². The third-order valence-corrected chi connectivity index (χ3v) is 2.55. The molecule has 0 spiro atoms. The van der Waals surface area contributed by atoms with Gasteiger partial charge in [-0.25, -0.2) is 0 Å². The molecule has 0 saturated carbocycles. The minimum absolute atomic E-state index is 0.0316. The summed E-state index contributed by atoms with van der Waals surface area (Å²) in [5.41, 5.74) is 2.54. The number of aryl methyl sites for hydroxylation is 1. The van der Waals surface area contributed by atoms with Crippen molar-refractivity contribution in [3.63, 3.8) is 0 Å². The minimum atomic E-state index is -0.611. The van der Waals surface area contributed by atoms with Gasteiger partial charge in [0.15, 0.2) is 5.78 Å². The second kappa shape index (κ2) is 4.58. The summed E-state index contributed by atoms with van der Waals surface area (Å²) in [4.78, 5) is 11.1. The lowest BCUT2D eigenvalue weighted by molar-refractivity contribution is -0.116. The number of carbonyl (C=O) groups excluding carboxylic acids is 1. The molecule has 0 aromatic heterocycles. The highest BCUT2D eigenvalue weighted by molar-refractivity contribution is 6.30. The quantitative estimate of drug-likeness (QED) is 0.781. The fourth-order valence-corrected chi connectivity index (χ4v) is 1.49. The third-order valence-electron chi connectivity index (χ3n) is 1.99. The lowest BCUT2D eigenvalue weighted by Crippen LogP contribution is -2.02. The van der Waals surface area contributed by atoms with Crippen LogP contribution in [0.2, 0.25) is 0 Å². The van der Waals surface area contributed by atoms with Gasteiger partial charge in [0.25, 0.3) is 0 Å². The third kappa shape index (κ3) is 2.56. The van der Waals surface area contributed by atoms with Crippen LogP contribution in [0.3, 0.4) is 0 Å². The number of Topliss-reactive ketones (excluding diaryl/α,β-unsaturated/α-hetero) is 1. The normalized spacial score (nSPS) is 12.6. The van der Waals surface area contributed by atoms with Gasteiger partial charge in [-0.2, -0.15) is 0 Å². The Morgan fingerprint density at radius 1 is 1.50 bits per heavy atom. The van der Waals surface area contributed by atoms with Crippen LogP contribution in [0.15, 0.2) is 18.2 Å². The van der Waals surface area contributed by atoms with E-state index in [1.807, 2.05) is 19.1 Å². The molecule has 1 unspecified atom stereocenters. The molecule has 0 aliphatic rings. The van der Waals surface area contributed by atoms with Crippen LogP contribution in [0.1, 0.15) is 29.0 Å².